The van der Waals surface area contributed by atoms with E-state index in [0.717, 1.165) is 22.6 Å². The van der Waals surface area contributed by atoms with Gasteiger partial charge < -0.3 is 4.74 Å². The molecule has 2 aromatic carbocycles. The molecule has 3 heteroatoms. The van der Waals surface area contributed by atoms with Crippen molar-refractivity contribution in [1.29, 1.82) is 0 Å². The Labute approximate surface area is 111 Å². The molecule has 0 saturated carbocycles. The summed E-state index contributed by atoms with van der Waals surface area (Å²) >= 11 is 11.7. The highest BCUT2D eigenvalue weighted by atomic mass is 35.5. The average Bonchev–Trinajstić information content (AvgIpc) is 2.40. The van der Waals surface area contributed by atoms with Crippen molar-refractivity contribution >= 4 is 23.2 Å². The number of halogens is 2. The zero-order valence-electron chi connectivity index (χ0n) is 9.20. The number of hydrogen-bond acceptors (Lipinski definition) is 1. The Morgan fingerprint density at radius 3 is 1.53 bits per heavy atom. The van der Waals surface area contributed by atoms with Crippen molar-refractivity contribution in [3.63, 3.8) is 0 Å². The van der Waals surface area contributed by atoms with Crippen LogP contribution in [0.3, 0.4) is 0 Å². The van der Waals surface area contributed by atoms with E-state index >= 15 is 0 Å². The summed E-state index contributed by atoms with van der Waals surface area (Å²) in [7, 11) is 0. The SMILES string of the molecule is ClCc1ccccc1Oc1ccccc1CCl. The Morgan fingerprint density at radius 2 is 1.12 bits per heavy atom. The van der Waals surface area contributed by atoms with E-state index in [2.05, 4.69) is 0 Å². The summed E-state index contributed by atoms with van der Waals surface area (Å²) in [5, 5.41) is 0. The van der Waals surface area contributed by atoms with E-state index in [1.807, 2.05) is 48.5 Å². The van der Waals surface area contributed by atoms with Crippen LogP contribution in [0.15, 0.2) is 48.5 Å². The van der Waals surface area contributed by atoms with Crippen molar-refractivity contribution < 1.29 is 4.74 Å². The zero-order valence-corrected chi connectivity index (χ0v) is 10.7. The number of para-hydroxylation sites is 2. The summed E-state index contributed by atoms with van der Waals surface area (Å²) in [5.41, 5.74) is 1.94. The van der Waals surface area contributed by atoms with Gasteiger partial charge in [0.05, 0.1) is 11.8 Å². The molecule has 0 aliphatic rings. The number of hydrogen-bond donors (Lipinski definition) is 0. The molecule has 0 spiro atoms. The average molecular weight is 267 g/mol. The smallest absolute Gasteiger partial charge is 0.131 e. The maximum Gasteiger partial charge on any atom is 0.131 e. The van der Waals surface area contributed by atoms with Crippen LogP contribution in [0.25, 0.3) is 0 Å². The lowest BCUT2D eigenvalue weighted by Crippen LogP contribution is -1.92. The van der Waals surface area contributed by atoms with Gasteiger partial charge in [0.1, 0.15) is 11.5 Å². The first-order valence-corrected chi connectivity index (χ1v) is 6.37. The third-order valence-electron chi connectivity index (χ3n) is 2.45. The third kappa shape index (κ3) is 2.93. The summed E-state index contributed by atoms with van der Waals surface area (Å²) in [6.45, 7) is 0. The summed E-state index contributed by atoms with van der Waals surface area (Å²) in [6.07, 6.45) is 0. The number of benzene rings is 2. The fraction of sp³-hybridized carbons (Fsp3) is 0.143. The van der Waals surface area contributed by atoms with Gasteiger partial charge in [-0.25, -0.2) is 0 Å². The van der Waals surface area contributed by atoms with Gasteiger partial charge in [-0.15, -0.1) is 23.2 Å². The van der Waals surface area contributed by atoms with Gasteiger partial charge in [0.15, 0.2) is 0 Å². The summed E-state index contributed by atoms with van der Waals surface area (Å²) in [6, 6.07) is 15.4. The lowest BCUT2D eigenvalue weighted by atomic mass is 10.2. The Kier molecular flexibility index (Phi) is 4.29. The van der Waals surface area contributed by atoms with Crippen LogP contribution in [-0.4, -0.2) is 0 Å². The number of rotatable bonds is 4. The zero-order chi connectivity index (χ0) is 12.1. The first-order chi connectivity index (χ1) is 8.35. The van der Waals surface area contributed by atoms with Crippen molar-refractivity contribution in [3.8, 4) is 11.5 Å². The second kappa shape index (κ2) is 5.95. The molecule has 0 amide bonds. The quantitative estimate of drug-likeness (QED) is 0.711. The Balaban J connectivity index is 2.31. The second-order valence-electron chi connectivity index (χ2n) is 3.58. The highest BCUT2D eigenvalue weighted by molar-refractivity contribution is 6.17. The lowest BCUT2D eigenvalue weighted by molar-refractivity contribution is 0.474. The third-order valence-corrected chi connectivity index (χ3v) is 3.03. The minimum Gasteiger partial charge on any atom is -0.457 e. The maximum atomic E-state index is 5.87. The molecule has 1 nitrogen and oxygen atoms in total. The van der Waals surface area contributed by atoms with Crippen molar-refractivity contribution in [2.45, 2.75) is 11.8 Å². The molecule has 0 unspecified atom stereocenters. The van der Waals surface area contributed by atoms with E-state index in [-0.39, 0.29) is 0 Å². The molecule has 0 heterocycles. The highest BCUT2D eigenvalue weighted by Gasteiger charge is 2.06. The predicted octanol–water partition coefficient (Wildman–Crippen LogP) is 4.96. The molecular weight excluding hydrogens is 255 g/mol. The Bertz CT molecular complexity index is 452. The van der Waals surface area contributed by atoms with Gasteiger partial charge in [-0.1, -0.05) is 36.4 Å². The van der Waals surface area contributed by atoms with Gasteiger partial charge in [-0.2, -0.15) is 0 Å². The Morgan fingerprint density at radius 1 is 0.706 bits per heavy atom. The monoisotopic (exact) mass is 266 g/mol. The molecule has 0 aromatic heterocycles. The lowest BCUT2D eigenvalue weighted by Gasteiger charge is -2.11. The van der Waals surface area contributed by atoms with E-state index in [4.69, 9.17) is 27.9 Å². The molecule has 0 bridgehead atoms. The largest absolute Gasteiger partial charge is 0.457 e. The summed E-state index contributed by atoms with van der Waals surface area (Å²) < 4.78 is 5.85. The van der Waals surface area contributed by atoms with Crippen LogP contribution >= 0.6 is 23.2 Å². The topological polar surface area (TPSA) is 9.23 Å². The normalized spacial score (nSPS) is 10.2. The van der Waals surface area contributed by atoms with Gasteiger partial charge in [-0.05, 0) is 12.1 Å². The summed E-state index contributed by atoms with van der Waals surface area (Å²) in [4.78, 5) is 0. The van der Waals surface area contributed by atoms with Crippen molar-refractivity contribution in [2.24, 2.45) is 0 Å². The molecule has 0 fully saturated rings. The molecule has 0 aliphatic heterocycles. The van der Waals surface area contributed by atoms with Crippen LogP contribution < -0.4 is 4.74 Å². The Hall–Kier alpha value is -1.18. The highest BCUT2D eigenvalue weighted by Crippen LogP contribution is 2.29. The van der Waals surface area contributed by atoms with E-state index in [1.54, 1.807) is 0 Å². The molecule has 0 N–H and O–H groups in total. The van der Waals surface area contributed by atoms with Gasteiger partial charge in [0.2, 0.25) is 0 Å². The molecule has 17 heavy (non-hydrogen) atoms. The second-order valence-corrected chi connectivity index (χ2v) is 4.12. The van der Waals surface area contributed by atoms with Crippen LogP contribution in [0.5, 0.6) is 11.5 Å². The predicted molar refractivity (Wildman–Crippen MR) is 72.1 cm³/mol. The molecular formula is C14H12Cl2O. The van der Waals surface area contributed by atoms with Crippen LogP contribution in [0.1, 0.15) is 11.1 Å². The number of ether oxygens (including phenoxy) is 1. The fourth-order valence-electron chi connectivity index (χ4n) is 1.55. The van der Waals surface area contributed by atoms with E-state index in [0.29, 0.717) is 11.8 Å². The van der Waals surface area contributed by atoms with Gasteiger partial charge in [0, 0.05) is 11.1 Å². The summed E-state index contributed by atoms with van der Waals surface area (Å²) in [5.74, 6) is 2.42. The molecule has 88 valence electrons. The van der Waals surface area contributed by atoms with Crippen LogP contribution in [0, 0.1) is 0 Å². The van der Waals surface area contributed by atoms with Crippen molar-refractivity contribution in [3.05, 3.63) is 59.7 Å². The maximum absolute atomic E-state index is 5.87. The van der Waals surface area contributed by atoms with Gasteiger partial charge >= 0.3 is 0 Å². The standard InChI is InChI=1S/C14H12Cl2O/c15-9-11-5-1-3-7-13(11)17-14-8-4-2-6-12(14)10-16/h1-8H,9-10H2. The van der Waals surface area contributed by atoms with Crippen molar-refractivity contribution in [1.82, 2.24) is 0 Å². The molecule has 0 aliphatic carbocycles. The molecule has 2 aromatic rings. The first kappa shape index (κ1) is 12.3. The van der Waals surface area contributed by atoms with Gasteiger partial charge in [0.25, 0.3) is 0 Å². The van der Waals surface area contributed by atoms with Crippen LogP contribution in [0.2, 0.25) is 0 Å². The van der Waals surface area contributed by atoms with Gasteiger partial charge in [-0.3, -0.25) is 0 Å². The first-order valence-electron chi connectivity index (χ1n) is 5.30. The molecule has 0 atom stereocenters. The van der Waals surface area contributed by atoms with E-state index in [1.165, 1.54) is 0 Å². The molecule has 0 radical (unpaired) electrons. The van der Waals surface area contributed by atoms with E-state index < -0.39 is 0 Å². The van der Waals surface area contributed by atoms with Crippen LogP contribution in [-0.2, 0) is 11.8 Å². The molecule has 0 saturated heterocycles. The van der Waals surface area contributed by atoms with E-state index in [9.17, 15) is 0 Å². The minimum atomic E-state index is 0.430. The number of alkyl halides is 2. The molecule has 2 rings (SSSR count). The van der Waals surface area contributed by atoms with Crippen molar-refractivity contribution in [2.75, 3.05) is 0 Å². The fourth-order valence-corrected chi connectivity index (χ4v) is 1.99. The van der Waals surface area contributed by atoms with Crippen LogP contribution in [0.4, 0.5) is 0 Å². The minimum absolute atomic E-state index is 0.430.